The summed E-state index contributed by atoms with van der Waals surface area (Å²) < 4.78 is 26.3. The highest BCUT2D eigenvalue weighted by atomic mass is 19.2. The molecule has 0 amide bonds. The first kappa shape index (κ1) is 13.1. The normalized spacial score (nSPS) is 11.1. The lowest BCUT2D eigenvalue weighted by Crippen LogP contribution is -2.25. The van der Waals surface area contributed by atoms with E-state index in [0.717, 1.165) is 12.6 Å². The molecule has 0 aliphatic carbocycles. The van der Waals surface area contributed by atoms with Gasteiger partial charge in [-0.3, -0.25) is 4.90 Å². The summed E-state index contributed by atoms with van der Waals surface area (Å²) in [5.74, 6) is -1.58. The van der Waals surface area contributed by atoms with Crippen LogP contribution in [0.4, 0.5) is 8.78 Å². The van der Waals surface area contributed by atoms with Crippen LogP contribution in [0.5, 0.6) is 0 Å². The van der Waals surface area contributed by atoms with E-state index in [0.29, 0.717) is 25.1 Å². The monoisotopic (exact) mass is 229 g/mol. The predicted molar refractivity (Wildman–Crippen MR) is 59.0 cm³/mol. The zero-order chi connectivity index (χ0) is 12.0. The fraction of sp³-hybridized carbons (Fsp3) is 0.500. The minimum absolute atomic E-state index is 0.113. The van der Waals surface area contributed by atoms with E-state index < -0.39 is 11.6 Å². The van der Waals surface area contributed by atoms with Gasteiger partial charge in [0.15, 0.2) is 11.6 Å². The van der Waals surface area contributed by atoms with Crippen LogP contribution in [0.3, 0.4) is 0 Å². The summed E-state index contributed by atoms with van der Waals surface area (Å²) in [5.41, 5.74) is 0.361. The molecular formula is C12H17F2NO. The first-order valence-electron chi connectivity index (χ1n) is 5.45. The van der Waals surface area contributed by atoms with Crippen LogP contribution in [0.1, 0.15) is 18.9 Å². The smallest absolute Gasteiger partial charge is 0.163 e. The number of aliphatic hydroxyl groups is 1. The first-order chi connectivity index (χ1) is 7.69. The Labute approximate surface area is 94.5 Å². The molecule has 0 fully saturated rings. The van der Waals surface area contributed by atoms with E-state index in [-0.39, 0.29) is 6.61 Å². The molecule has 1 aromatic carbocycles. The minimum atomic E-state index is -0.810. The van der Waals surface area contributed by atoms with E-state index in [1.807, 2.05) is 11.8 Å². The Hall–Kier alpha value is -1.00. The fourth-order valence-electron chi connectivity index (χ4n) is 1.55. The second-order valence-corrected chi connectivity index (χ2v) is 3.66. The molecule has 1 aromatic rings. The molecule has 0 aromatic heterocycles. The lowest BCUT2D eigenvalue weighted by molar-refractivity contribution is 0.223. The fourth-order valence-corrected chi connectivity index (χ4v) is 1.55. The second kappa shape index (κ2) is 6.55. The van der Waals surface area contributed by atoms with Gasteiger partial charge in [0.25, 0.3) is 0 Å². The largest absolute Gasteiger partial charge is 0.396 e. The summed E-state index contributed by atoms with van der Waals surface area (Å²) in [6, 6.07) is 4.20. The summed E-state index contributed by atoms with van der Waals surface area (Å²) >= 11 is 0. The molecule has 0 saturated carbocycles. The highest BCUT2D eigenvalue weighted by Crippen LogP contribution is 2.13. The maximum Gasteiger partial charge on any atom is 0.163 e. The molecule has 0 aliphatic rings. The van der Waals surface area contributed by atoms with Crippen molar-refractivity contribution in [1.82, 2.24) is 4.90 Å². The van der Waals surface area contributed by atoms with E-state index in [1.54, 1.807) is 6.07 Å². The number of hydrogen-bond acceptors (Lipinski definition) is 2. The summed E-state index contributed by atoms with van der Waals surface area (Å²) in [7, 11) is 0. The molecule has 0 spiro atoms. The molecule has 0 unspecified atom stereocenters. The van der Waals surface area contributed by atoms with Gasteiger partial charge in [0.1, 0.15) is 0 Å². The summed E-state index contributed by atoms with van der Waals surface area (Å²) in [5, 5.41) is 8.71. The van der Waals surface area contributed by atoms with Gasteiger partial charge in [0.2, 0.25) is 0 Å². The number of benzene rings is 1. The van der Waals surface area contributed by atoms with Gasteiger partial charge in [-0.15, -0.1) is 0 Å². The van der Waals surface area contributed by atoms with E-state index in [1.165, 1.54) is 6.07 Å². The van der Waals surface area contributed by atoms with E-state index in [9.17, 15) is 8.78 Å². The molecule has 0 heterocycles. The number of hydrogen-bond donors (Lipinski definition) is 1. The quantitative estimate of drug-likeness (QED) is 0.808. The van der Waals surface area contributed by atoms with E-state index >= 15 is 0 Å². The van der Waals surface area contributed by atoms with Crippen LogP contribution in [0.15, 0.2) is 18.2 Å². The van der Waals surface area contributed by atoms with Crippen molar-refractivity contribution < 1.29 is 13.9 Å². The van der Waals surface area contributed by atoms with Gasteiger partial charge >= 0.3 is 0 Å². The van der Waals surface area contributed by atoms with Crippen molar-refractivity contribution in [2.45, 2.75) is 19.9 Å². The van der Waals surface area contributed by atoms with Gasteiger partial charge in [-0.25, -0.2) is 8.78 Å². The lowest BCUT2D eigenvalue weighted by Gasteiger charge is -2.20. The molecule has 1 rings (SSSR count). The van der Waals surface area contributed by atoms with Crippen LogP contribution in [-0.2, 0) is 6.54 Å². The lowest BCUT2D eigenvalue weighted by atomic mass is 10.2. The third kappa shape index (κ3) is 3.54. The van der Waals surface area contributed by atoms with Crippen molar-refractivity contribution in [2.75, 3.05) is 19.7 Å². The van der Waals surface area contributed by atoms with Gasteiger partial charge in [-0.1, -0.05) is 19.1 Å². The number of nitrogens with zero attached hydrogens (tertiary/aromatic N) is 1. The van der Waals surface area contributed by atoms with Crippen molar-refractivity contribution >= 4 is 0 Å². The second-order valence-electron chi connectivity index (χ2n) is 3.66. The molecule has 0 radical (unpaired) electrons. The Bertz CT molecular complexity index is 331. The van der Waals surface area contributed by atoms with Crippen LogP contribution < -0.4 is 0 Å². The standard InChI is InChI=1S/C12H17F2NO/c1-2-15(7-4-8-16)9-10-5-3-6-11(13)12(10)14/h3,5-6,16H,2,4,7-9H2,1H3. The summed E-state index contributed by atoms with van der Waals surface area (Å²) in [4.78, 5) is 1.97. The summed E-state index contributed by atoms with van der Waals surface area (Å²) in [6.45, 7) is 3.87. The Morgan fingerprint density at radius 1 is 1.31 bits per heavy atom. The van der Waals surface area contributed by atoms with Crippen LogP contribution in [0.2, 0.25) is 0 Å². The molecule has 90 valence electrons. The average Bonchev–Trinajstić information content (AvgIpc) is 2.30. The van der Waals surface area contributed by atoms with E-state index in [2.05, 4.69) is 0 Å². The average molecular weight is 229 g/mol. The highest BCUT2D eigenvalue weighted by molar-refractivity contribution is 5.18. The van der Waals surface area contributed by atoms with Crippen molar-refractivity contribution in [2.24, 2.45) is 0 Å². The van der Waals surface area contributed by atoms with Crippen molar-refractivity contribution in [3.05, 3.63) is 35.4 Å². The third-order valence-electron chi connectivity index (χ3n) is 2.51. The number of halogens is 2. The molecule has 0 bridgehead atoms. The first-order valence-corrected chi connectivity index (χ1v) is 5.45. The minimum Gasteiger partial charge on any atom is -0.396 e. The molecule has 1 N–H and O–H groups in total. The molecule has 16 heavy (non-hydrogen) atoms. The molecule has 0 atom stereocenters. The topological polar surface area (TPSA) is 23.5 Å². The van der Waals surface area contributed by atoms with Crippen molar-refractivity contribution in [1.29, 1.82) is 0 Å². The molecular weight excluding hydrogens is 212 g/mol. The van der Waals surface area contributed by atoms with Crippen molar-refractivity contribution in [3.63, 3.8) is 0 Å². The Balaban J connectivity index is 2.66. The van der Waals surface area contributed by atoms with Gasteiger partial charge < -0.3 is 5.11 Å². The predicted octanol–water partition coefficient (Wildman–Crippen LogP) is 2.17. The van der Waals surface area contributed by atoms with Gasteiger partial charge in [0.05, 0.1) is 0 Å². The number of aliphatic hydroxyl groups excluding tert-OH is 1. The van der Waals surface area contributed by atoms with Crippen LogP contribution in [-0.4, -0.2) is 29.7 Å². The van der Waals surface area contributed by atoms with Crippen LogP contribution >= 0.6 is 0 Å². The Kier molecular flexibility index (Phi) is 5.35. The van der Waals surface area contributed by atoms with Crippen LogP contribution in [0, 0.1) is 11.6 Å². The Morgan fingerprint density at radius 3 is 2.69 bits per heavy atom. The molecule has 4 heteroatoms. The molecule has 0 saturated heterocycles. The Morgan fingerprint density at radius 2 is 2.06 bits per heavy atom. The van der Waals surface area contributed by atoms with Crippen LogP contribution in [0.25, 0.3) is 0 Å². The van der Waals surface area contributed by atoms with Gasteiger partial charge in [-0.05, 0) is 19.0 Å². The van der Waals surface area contributed by atoms with Gasteiger partial charge in [0, 0.05) is 25.3 Å². The summed E-state index contributed by atoms with van der Waals surface area (Å²) in [6.07, 6.45) is 0.644. The number of rotatable bonds is 6. The zero-order valence-electron chi connectivity index (χ0n) is 9.42. The zero-order valence-corrected chi connectivity index (χ0v) is 9.42. The van der Waals surface area contributed by atoms with Gasteiger partial charge in [-0.2, -0.15) is 0 Å². The molecule has 0 aliphatic heterocycles. The molecule has 2 nitrogen and oxygen atoms in total. The van der Waals surface area contributed by atoms with Crippen molar-refractivity contribution in [3.8, 4) is 0 Å². The maximum absolute atomic E-state index is 13.4. The third-order valence-corrected chi connectivity index (χ3v) is 2.51. The maximum atomic E-state index is 13.4. The van der Waals surface area contributed by atoms with E-state index in [4.69, 9.17) is 5.11 Å². The SMILES string of the molecule is CCN(CCCO)Cc1cccc(F)c1F. The highest BCUT2D eigenvalue weighted by Gasteiger charge is 2.10.